The van der Waals surface area contributed by atoms with Crippen molar-refractivity contribution in [2.24, 2.45) is 0 Å². The standard InChI is InChI=1S/C18H22N2O2/c21-17-8-11-20(12-9-17)13-15-5-1-2-7-18(15)22-14-16-6-3-4-10-19-16/h1-7,10,17,21H,8-9,11-14H2. The van der Waals surface area contributed by atoms with E-state index in [2.05, 4.69) is 16.0 Å². The third kappa shape index (κ3) is 4.06. The van der Waals surface area contributed by atoms with Crippen LogP contribution in [0.15, 0.2) is 48.7 Å². The predicted octanol–water partition coefficient (Wildman–Crippen LogP) is 2.62. The van der Waals surface area contributed by atoms with E-state index in [1.807, 2.05) is 36.4 Å². The molecule has 22 heavy (non-hydrogen) atoms. The van der Waals surface area contributed by atoms with Gasteiger partial charge in [-0.25, -0.2) is 0 Å². The monoisotopic (exact) mass is 298 g/mol. The summed E-state index contributed by atoms with van der Waals surface area (Å²) in [7, 11) is 0. The lowest BCUT2D eigenvalue weighted by Crippen LogP contribution is -2.35. The molecule has 0 saturated carbocycles. The molecule has 1 aliphatic heterocycles. The molecule has 0 unspecified atom stereocenters. The summed E-state index contributed by atoms with van der Waals surface area (Å²) in [5, 5.41) is 9.60. The van der Waals surface area contributed by atoms with E-state index in [1.165, 1.54) is 5.56 Å². The van der Waals surface area contributed by atoms with Gasteiger partial charge in [0.25, 0.3) is 0 Å². The predicted molar refractivity (Wildman–Crippen MR) is 85.5 cm³/mol. The summed E-state index contributed by atoms with van der Waals surface area (Å²) in [4.78, 5) is 6.65. The van der Waals surface area contributed by atoms with Crippen molar-refractivity contribution in [3.05, 3.63) is 59.9 Å². The van der Waals surface area contributed by atoms with Gasteiger partial charge in [-0.05, 0) is 31.0 Å². The molecule has 1 aromatic heterocycles. The highest BCUT2D eigenvalue weighted by Crippen LogP contribution is 2.22. The minimum absolute atomic E-state index is 0.133. The van der Waals surface area contributed by atoms with Crippen molar-refractivity contribution in [2.45, 2.75) is 32.1 Å². The van der Waals surface area contributed by atoms with E-state index in [1.54, 1.807) is 6.20 Å². The van der Waals surface area contributed by atoms with Crippen LogP contribution in [0.4, 0.5) is 0 Å². The number of nitrogens with zero attached hydrogens (tertiary/aromatic N) is 2. The molecule has 0 radical (unpaired) electrons. The van der Waals surface area contributed by atoms with E-state index in [0.717, 1.165) is 43.9 Å². The number of aromatic nitrogens is 1. The van der Waals surface area contributed by atoms with Gasteiger partial charge >= 0.3 is 0 Å². The van der Waals surface area contributed by atoms with Gasteiger partial charge in [0.1, 0.15) is 12.4 Å². The largest absolute Gasteiger partial charge is 0.487 e. The lowest BCUT2D eigenvalue weighted by molar-refractivity contribution is 0.0787. The minimum Gasteiger partial charge on any atom is -0.487 e. The molecule has 1 aromatic carbocycles. The molecule has 1 aliphatic rings. The van der Waals surface area contributed by atoms with Crippen LogP contribution in [-0.2, 0) is 13.2 Å². The van der Waals surface area contributed by atoms with Gasteiger partial charge in [-0.15, -0.1) is 0 Å². The summed E-state index contributed by atoms with van der Waals surface area (Å²) in [6.07, 6.45) is 3.37. The van der Waals surface area contributed by atoms with E-state index in [0.29, 0.717) is 6.61 Å². The Morgan fingerprint density at radius 2 is 1.86 bits per heavy atom. The molecule has 2 heterocycles. The number of aliphatic hydroxyl groups excluding tert-OH is 1. The second-order valence-corrected chi connectivity index (χ2v) is 5.72. The molecule has 0 amide bonds. The molecular formula is C18H22N2O2. The Labute approximate surface area is 131 Å². The van der Waals surface area contributed by atoms with Gasteiger partial charge in [0.15, 0.2) is 0 Å². The highest BCUT2D eigenvalue weighted by Gasteiger charge is 2.18. The van der Waals surface area contributed by atoms with Crippen LogP contribution >= 0.6 is 0 Å². The smallest absolute Gasteiger partial charge is 0.130 e. The Bertz CT molecular complexity index is 581. The number of ether oxygens (including phenoxy) is 1. The van der Waals surface area contributed by atoms with Crippen molar-refractivity contribution in [1.29, 1.82) is 0 Å². The molecule has 2 aromatic rings. The van der Waals surface area contributed by atoms with Crippen LogP contribution in [0.1, 0.15) is 24.1 Å². The topological polar surface area (TPSA) is 45.6 Å². The fraction of sp³-hybridized carbons (Fsp3) is 0.389. The van der Waals surface area contributed by atoms with Gasteiger partial charge in [0, 0.05) is 31.4 Å². The summed E-state index contributed by atoms with van der Waals surface area (Å²) in [5.41, 5.74) is 2.12. The minimum atomic E-state index is -0.133. The Hall–Kier alpha value is -1.91. The summed E-state index contributed by atoms with van der Waals surface area (Å²) < 4.78 is 5.95. The molecule has 0 bridgehead atoms. The molecule has 3 rings (SSSR count). The van der Waals surface area contributed by atoms with Gasteiger partial charge in [0.05, 0.1) is 11.8 Å². The number of likely N-dealkylation sites (tertiary alicyclic amines) is 1. The maximum atomic E-state index is 9.60. The van der Waals surface area contributed by atoms with E-state index >= 15 is 0 Å². The number of hydrogen-bond donors (Lipinski definition) is 1. The number of benzene rings is 1. The Kier molecular flexibility index (Phi) is 5.03. The maximum absolute atomic E-state index is 9.60. The first-order valence-electron chi connectivity index (χ1n) is 7.82. The van der Waals surface area contributed by atoms with Gasteiger partial charge in [-0.3, -0.25) is 9.88 Å². The zero-order valence-electron chi connectivity index (χ0n) is 12.7. The Balaban J connectivity index is 1.62. The third-order valence-electron chi connectivity index (χ3n) is 4.03. The molecule has 116 valence electrons. The SMILES string of the molecule is OC1CCN(Cc2ccccc2OCc2ccccn2)CC1. The van der Waals surface area contributed by atoms with Crippen LogP contribution in [0.3, 0.4) is 0 Å². The van der Waals surface area contributed by atoms with Crippen molar-refractivity contribution >= 4 is 0 Å². The highest BCUT2D eigenvalue weighted by molar-refractivity contribution is 5.33. The number of rotatable bonds is 5. The van der Waals surface area contributed by atoms with Gasteiger partial charge in [-0.2, -0.15) is 0 Å². The van der Waals surface area contributed by atoms with Crippen LogP contribution in [0.5, 0.6) is 5.75 Å². The van der Waals surface area contributed by atoms with Crippen molar-refractivity contribution in [3.63, 3.8) is 0 Å². The van der Waals surface area contributed by atoms with E-state index < -0.39 is 0 Å². The van der Waals surface area contributed by atoms with E-state index in [4.69, 9.17) is 4.74 Å². The quantitative estimate of drug-likeness (QED) is 0.921. The number of pyridine rings is 1. The first kappa shape index (κ1) is 15.0. The first-order valence-corrected chi connectivity index (χ1v) is 7.82. The third-order valence-corrected chi connectivity index (χ3v) is 4.03. The molecule has 1 saturated heterocycles. The molecule has 0 atom stereocenters. The van der Waals surface area contributed by atoms with Crippen LogP contribution < -0.4 is 4.74 Å². The first-order chi connectivity index (χ1) is 10.8. The second kappa shape index (κ2) is 7.38. The average molecular weight is 298 g/mol. The average Bonchev–Trinajstić information content (AvgIpc) is 2.57. The van der Waals surface area contributed by atoms with Crippen molar-refractivity contribution in [1.82, 2.24) is 9.88 Å². The van der Waals surface area contributed by atoms with Gasteiger partial charge in [-0.1, -0.05) is 24.3 Å². The molecule has 4 heteroatoms. The lowest BCUT2D eigenvalue weighted by Gasteiger charge is -2.29. The van der Waals surface area contributed by atoms with Crippen LogP contribution in [-0.4, -0.2) is 34.2 Å². The van der Waals surface area contributed by atoms with Crippen LogP contribution in [0, 0.1) is 0 Å². The van der Waals surface area contributed by atoms with Gasteiger partial charge < -0.3 is 9.84 Å². The highest BCUT2D eigenvalue weighted by atomic mass is 16.5. The molecule has 0 spiro atoms. The molecule has 0 aliphatic carbocycles. The summed E-state index contributed by atoms with van der Waals surface area (Å²) in [5.74, 6) is 0.916. The molecule has 4 nitrogen and oxygen atoms in total. The van der Waals surface area contributed by atoms with Crippen molar-refractivity contribution in [2.75, 3.05) is 13.1 Å². The molecular weight excluding hydrogens is 276 g/mol. The lowest BCUT2D eigenvalue weighted by atomic mass is 10.1. The van der Waals surface area contributed by atoms with E-state index in [9.17, 15) is 5.11 Å². The molecule has 1 fully saturated rings. The zero-order chi connectivity index (χ0) is 15.2. The Morgan fingerprint density at radius 1 is 1.09 bits per heavy atom. The van der Waals surface area contributed by atoms with Crippen molar-refractivity contribution < 1.29 is 9.84 Å². The number of hydrogen-bond acceptors (Lipinski definition) is 4. The maximum Gasteiger partial charge on any atom is 0.130 e. The van der Waals surface area contributed by atoms with Crippen molar-refractivity contribution in [3.8, 4) is 5.75 Å². The van der Waals surface area contributed by atoms with Crippen LogP contribution in [0.2, 0.25) is 0 Å². The van der Waals surface area contributed by atoms with Gasteiger partial charge in [0.2, 0.25) is 0 Å². The molecule has 1 N–H and O–H groups in total. The van der Waals surface area contributed by atoms with Crippen LogP contribution in [0.25, 0.3) is 0 Å². The number of aliphatic hydroxyl groups is 1. The van der Waals surface area contributed by atoms with E-state index in [-0.39, 0.29) is 6.10 Å². The fourth-order valence-corrected chi connectivity index (χ4v) is 2.73. The zero-order valence-corrected chi connectivity index (χ0v) is 12.7. The fourth-order valence-electron chi connectivity index (χ4n) is 2.73. The summed E-state index contributed by atoms with van der Waals surface area (Å²) in [6, 6.07) is 14.0. The number of para-hydroxylation sites is 1. The normalized spacial score (nSPS) is 16.6. The second-order valence-electron chi connectivity index (χ2n) is 5.72. The summed E-state index contributed by atoms with van der Waals surface area (Å²) in [6.45, 7) is 3.23. The summed E-state index contributed by atoms with van der Waals surface area (Å²) >= 11 is 0. The number of piperidine rings is 1. The Morgan fingerprint density at radius 3 is 2.64 bits per heavy atom.